The van der Waals surface area contributed by atoms with Gasteiger partial charge in [0.2, 0.25) is 0 Å². The molecule has 174 valence electrons. The first-order chi connectivity index (χ1) is 16.0. The van der Waals surface area contributed by atoms with E-state index in [0.29, 0.717) is 12.0 Å². The largest absolute Gasteiger partial charge is 0.478 e. The van der Waals surface area contributed by atoms with Crippen LogP contribution in [0, 0.1) is 30.1 Å². The van der Waals surface area contributed by atoms with Crippen LogP contribution in [-0.4, -0.2) is 23.6 Å². The Morgan fingerprint density at radius 3 is 2.15 bits per heavy atom. The Morgan fingerprint density at radius 1 is 0.970 bits per heavy atom. The van der Waals surface area contributed by atoms with E-state index < -0.39 is 5.97 Å². The molecule has 0 spiro atoms. The summed E-state index contributed by atoms with van der Waals surface area (Å²) in [5.41, 5.74) is 4.07. The second kappa shape index (κ2) is 9.20. The first-order valence-electron chi connectivity index (χ1n) is 12.4. The lowest BCUT2D eigenvalue weighted by atomic mass is 9.49. The van der Waals surface area contributed by atoms with Gasteiger partial charge in [0.1, 0.15) is 0 Å². The Hall–Kier alpha value is -2.82. The molecule has 4 aliphatic carbocycles. The number of nitrogens with one attached hydrogen (secondary N) is 2. The van der Waals surface area contributed by atoms with E-state index in [4.69, 9.17) is 10.1 Å². The number of carboxylic acid groups (broad SMARTS) is 1. The van der Waals surface area contributed by atoms with E-state index in [1.165, 1.54) is 56.1 Å². The molecule has 0 saturated heterocycles. The van der Waals surface area contributed by atoms with Crippen molar-refractivity contribution in [1.29, 1.82) is 0 Å². The maximum Gasteiger partial charge on any atom is 0.335 e. The SMILES string of the molecule is Cc1ccc(CN=C(NCCC23CC4CC(CC(C4)C2)C3)Nc2ccc(C(=O)O)cc2)cc1. The molecule has 5 heteroatoms. The average Bonchev–Trinajstić information content (AvgIpc) is 2.78. The first kappa shape index (κ1) is 22.0. The smallest absolute Gasteiger partial charge is 0.335 e. The molecule has 0 amide bonds. The highest BCUT2D eigenvalue weighted by Crippen LogP contribution is 2.61. The molecule has 5 nitrogen and oxygen atoms in total. The van der Waals surface area contributed by atoms with Gasteiger partial charge < -0.3 is 15.7 Å². The number of aromatic carboxylic acids is 1. The minimum atomic E-state index is -0.913. The third-order valence-corrected chi connectivity index (χ3v) is 8.05. The summed E-state index contributed by atoms with van der Waals surface area (Å²) in [6.45, 7) is 3.60. The number of benzene rings is 2. The van der Waals surface area contributed by atoms with Crippen molar-refractivity contribution < 1.29 is 9.90 Å². The molecule has 2 aromatic rings. The maximum atomic E-state index is 11.2. The van der Waals surface area contributed by atoms with Gasteiger partial charge in [-0.1, -0.05) is 29.8 Å². The maximum absolute atomic E-state index is 11.2. The summed E-state index contributed by atoms with van der Waals surface area (Å²) in [5.74, 6) is 2.75. The molecule has 6 rings (SSSR count). The Labute approximate surface area is 196 Å². The second-order valence-corrected chi connectivity index (χ2v) is 10.8. The molecule has 4 aliphatic rings. The molecule has 4 saturated carbocycles. The fourth-order valence-corrected chi connectivity index (χ4v) is 6.88. The van der Waals surface area contributed by atoms with Gasteiger partial charge in [0.25, 0.3) is 0 Å². The predicted octanol–water partition coefficient (Wildman–Crippen LogP) is 5.86. The van der Waals surface area contributed by atoms with Crippen molar-refractivity contribution in [2.24, 2.45) is 28.2 Å². The summed E-state index contributed by atoms with van der Waals surface area (Å²) in [7, 11) is 0. The van der Waals surface area contributed by atoms with Crippen LogP contribution in [0.5, 0.6) is 0 Å². The lowest BCUT2D eigenvalue weighted by molar-refractivity contribution is -0.0562. The fraction of sp³-hybridized carbons (Fsp3) is 0.500. The topological polar surface area (TPSA) is 73.7 Å². The van der Waals surface area contributed by atoms with Crippen LogP contribution in [0.2, 0.25) is 0 Å². The number of aliphatic imine (C=N–C) groups is 1. The van der Waals surface area contributed by atoms with Crippen LogP contribution in [0.1, 0.15) is 66.4 Å². The van der Waals surface area contributed by atoms with Crippen LogP contribution >= 0.6 is 0 Å². The monoisotopic (exact) mass is 445 g/mol. The van der Waals surface area contributed by atoms with Crippen molar-refractivity contribution >= 4 is 17.6 Å². The molecule has 4 fully saturated rings. The van der Waals surface area contributed by atoms with E-state index in [9.17, 15) is 4.79 Å². The van der Waals surface area contributed by atoms with E-state index in [0.717, 1.165) is 35.9 Å². The standard InChI is InChI=1S/C28H35N3O2/c1-19-2-4-20(5-3-19)18-30-27(31-25-8-6-24(7-9-25)26(32)33)29-11-10-28-15-21-12-22(16-28)14-23(13-21)17-28/h2-9,21-23H,10-18H2,1H3,(H,32,33)(H2,29,30,31). The van der Waals surface area contributed by atoms with Crippen LogP contribution in [0.25, 0.3) is 0 Å². The predicted molar refractivity (Wildman–Crippen MR) is 133 cm³/mol. The van der Waals surface area contributed by atoms with E-state index >= 15 is 0 Å². The van der Waals surface area contributed by atoms with E-state index in [2.05, 4.69) is 41.8 Å². The molecule has 4 bridgehead atoms. The Bertz CT molecular complexity index is 975. The van der Waals surface area contributed by atoms with Crippen molar-refractivity contribution in [2.75, 3.05) is 11.9 Å². The molecule has 0 aliphatic heterocycles. The molecule has 0 atom stereocenters. The van der Waals surface area contributed by atoms with Crippen LogP contribution in [0.4, 0.5) is 5.69 Å². The number of nitrogens with zero attached hydrogens (tertiary/aromatic N) is 1. The van der Waals surface area contributed by atoms with Crippen molar-refractivity contribution in [1.82, 2.24) is 5.32 Å². The number of hydrogen-bond donors (Lipinski definition) is 3. The highest BCUT2D eigenvalue weighted by molar-refractivity contribution is 5.94. The van der Waals surface area contributed by atoms with Crippen molar-refractivity contribution in [2.45, 2.75) is 58.4 Å². The van der Waals surface area contributed by atoms with Gasteiger partial charge in [-0.3, -0.25) is 0 Å². The third-order valence-electron chi connectivity index (χ3n) is 8.05. The summed E-state index contributed by atoms with van der Waals surface area (Å²) in [6, 6.07) is 15.3. The van der Waals surface area contributed by atoms with Gasteiger partial charge in [-0.25, -0.2) is 9.79 Å². The molecule has 3 N–H and O–H groups in total. The normalized spacial score (nSPS) is 28.0. The van der Waals surface area contributed by atoms with E-state index in [1.807, 2.05) is 0 Å². The molecule has 0 heterocycles. The number of carbonyl (C=O) groups is 1. The Balaban J connectivity index is 1.25. The minimum Gasteiger partial charge on any atom is -0.478 e. The highest BCUT2D eigenvalue weighted by atomic mass is 16.4. The first-order valence-corrected chi connectivity index (χ1v) is 12.4. The fourth-order valence-electron chi connectivity index (χ4n) is 6.88. The van der Waals surface area contributed by atoms with Gasteiger partial charge in [0, 0.05) is 12.2 Å². The molecule has 0 radical (unpaired) electrons. The van der Waals surface area contributed by atoms with Gasteiger partial charge in [0.05, 0.1) is 12.1 Å². The highest BCUT2D eigenvalue weighted by Gasteiger charge is 2.50. The summed E-state index contributed by atoms with van der Waals surface area (Å²) in [4.78, 5) is 16.0. The van der Waals surface area contributed by atoms with Crippen molar-refractivity contribution in [3.05, 3.63) is 65.2 Å². The van der Waals surface area contributed by atoms with Crippen LogP contribution < -0.4 is 10.6 Å². The summed E-state index contributed by atoms with van der Waals surface area (Å²) >= 11 is 0. The number of hydrogen-bond acceptors (Lipinski definition) is 2. The third kappa shape index (κ3) is 5.23. The Morgan fingerprint density at radius 2 is 1.58 bits per heavy atom. The lowest BCUT2D eigenvalue weighted by Crippen LogP contribution is -2.47. The number of carboxylic acids is 1. The summed E-state index contributed by atoms with van der Waals surface area (Å²) in [5, 5.41) is 16.1. The van der Waals surface area contributed by atoms with E-state index in [1.54, 1.807) is 24.3 Å². The number of aryl methyl sites for hydroxylation is 1. The van der Waals surface area contributed by atoms with Gasteiger partial charge in [-0.05, 0) is 105 Å². The van der Waals surface area contributed by atoms with Gasteiger partial charge in [0.15, 0.2) is 5.96 Å². The molecule has 2 aromatic carbocycles. The second-order valence-electron chi connectivity index (χ2n) is 10.8. The zero-order valence-electron chi connectivity index (χ0n) is 19.5. The van der Waals surface area contributed by atoms with Crippen LogP contribution in [0.3, 0.4) is 0 Å². The Kier molecular flexibility index (Phi) is 6.13. The number of anilines is 1. The van der Waals surface area contributed by atoms with Gasteiger partial charge >= 0.3 is 5.97 Å². The molecule has 33 heavy (non-hydrogen) atoms. The van der Waals surface area contributed by atoms with Gasteiger partial charge in [-0.15, -0.1) is 0 Å². The number of rotatable bonds is 7. The summed E-state index contributed by atoms with van der Waals surface area (Å²) in [6.07, 6.45) is 9.89. The van der Waals surface area contributed by atoms with E-state index in [-0.39, 0.29) is 5.56 Å². The quantitative estimate of drug-likeness (QED) is 0.369. The zero-order valence-corrected chi connectivity index (χ0v) is 19.5. The number of guanidine groups is 1. The molecular weight excluding hydrogens is 410 g/mol. The van der Waals surface area contributed by atoms with Crippen LogP contribution in [-0.2, 0) is 6.54 Å². The zero-order chi connectivity index (χ0) is 22.8. The summed E-state index contributed by atoms with van der Waals surface area (Å²) < 4.78 is 0. The van der Waals surface area contributed by atoms with Crippen molar-refractivity contribution in [3.63, 3.8) is 0 Å². The van der Waals surface area contributed by atoms with Gasteiger partial charge in [-0.2, -0.15) is 0 Å². The van der Waals surface area contributed by atoms with Crippen LogP contribution in [0.15, 0.2) is 53.5 Å². The van der Waals surface area contributed by atoms with Crippen molar-refractivity contribution in [3.8, 4) is 0 Å². The average molecular weight is 446 g/mol. The molecule has 0 unspecified atom stereocenters. The lowest BCUT2D eigenvalue weighted by Gasteiger charge is -2.57. The molecule has 0 aromatic heterocycles. The molecular formula is C28H35N3O2. The minimum absolute atomic E-state index is 0.286.